The van der Waals surface area contributed by atoms with Crippen LogP contribution in [0.5, 0.6) is 11.5 Å². The summed E-state index contributed by atoms with van der Waals surface area (Å²) in [7, 11) is 3.27. The van der Waals surface area contributed by atoms with Crippen LogP contribution in [0.3, 0.4) is 0 Å². The van der Waals surface area contributed by atoms with Gasteiger partial charge >= 0.3 is 0 Å². The largest absolute Gasteiger partial charge is 0.497 e. The molecular weight excluding hydrogens is 394 g/mol. The minimum atomic E-state index is -0.226. The van der Waals surface area contributed by atoms with E-state index in [1.165, 1.54) is 4.90 Å². The second-order valence-corrected chi connectivity index (χ2v) is 7.98. The number of ether oxygens (including phenoxy) is 2. The molecule has 2 aromatic rings. The lowest BCUT2D eigenvalue weighted by Gasteiger charge is -2.23. The van der Waals surface area contributed by atoms with E-state index in [1.54, 1.807) is 14.2 Å². The van der Waals surface area contributed by atoms with E-state index in [1.807, 2.05) is 50.2 Å². The molecule has 0 spiro atoms. The monoisotopic (exact) mass is 426 g/mol. The van der Waals surface area contributed by atoms with Crippen LogP contribution < -0.4 is 25.0 Å². The molecule has 1 aliphatic heterocycles. The molecule has 1 fully saturated rings. The van der Waals surface area contributed by atoms with Crippen molar-refractivity contribution in [1.29, 1.82) is 0 Å². The maximum atomic E-state index is 12.6. The first-order valence-corrected chi connectivity index (χ1v) is 10.6. The second-order valence-electron chi connectivity index (χ2n) is 7.98. The fourth-order valence-electron chi connectivity index (χ4n) is 4.25. The molecule has 2 atom stereocenters. The summed E-state index contributed by atoms with van der Waals surface area (Å²) in [5.74, 6) is 1.16. The lowest BCUT2D eigenvalue weighted by atomic mass is 10.0. The van der Waals surface area contributed by atoms with Crippen molar-refractivity contribution in [3.05, 3.63) is 53.1 Å². The Balaban J connectivity index is 1.57. The molecule has 1 saturated heterocycles. The number of aryl methyl sites for hydroxylation is 2. The Morgan fingerprint density at radius 2 is 1.81 bits per heavy atom. The Morgan fingerprint density at radius 1 is 1.06 bits per heavy atom. The first kappa shape index (κ1) is 22.6. The first-order valence-electron chi connectivity index (χ1n) is 10.6. The molecule has 0 aliphatic carbocycles. The molecule has 2 aromatic carbocycles. The molecule has 0 saturated carbocycles. The number of para-hydroxylation sites is 1. The quantitative estimate of drug-likeness (QED) is 0.601. The molecular formula is C24H32N3O4+. The topological polar surface area (TPSA) is 81.1 Å². The van der Waals surface area contributed by atoms with Crippen LogP contribution in [0, 0.1) is 13.8 Å². The predicted molar refractivity (Wildman–Crippen MR) is 120 cm³/mol. The van der Waals surface area contributed by atoms with E-state index in [4.69, 9.17) is 9.47 Å². The molecule has 0 radical (unpaired) electrons. The summed E-state index contributed by atoms with van der Waals surface area (Å²) >= 11 is 0. The number of benzene rings is 2. The fraction of sp³-hybridized carbons (Fsp3) is 0.417. The van der Waals surface area contributed by atoms with Crippen molar-refractivity contribution in [3.8, 4) is 11.5 Å². The Hall–Kier alpha value is -3.06. The molecule has 1 aliphatic rings. The van der Waals surface area contributed by atoms with Crippen LogP contribution in [0.2, 0.25) is 0 Å². The van der Waals surface area contributed by atoms with Gasteiger partial charge in [-0.25, -0.2) is 0 Å². The molecule has 7 nitrogen and oxygen atoms in total. The lowest BCUT2D eigenvalue weighted by molar-refractivity contribution is -0.910. The summed E-state index contributed by atoms with van der Waals surface area (Å²) in [5.41, 5.74) is 3.88. The number of methoxy groups -OCH3 is 2. The van der Waals surface area contributed by atoms with Crippen molar-refractivity contribution in [2.45, 2.75) is 32.7 Å². The van der Waals surface area contributed by atoms with Gasteiger partial charge in [0.15, 0.2) is 6.54 Å². The van der Waals surface area contributed by atoms with Gasteiger partial charge in [0.1, 0.15) is 17.5 Å². The van der Waals surface area contributed by atoms with Crippen LogP contribution in [0.15, 0.2) is 36.4 Å². The van der Waals surface area contributed by atoms with Gasteiger partial charge < -0.3 is 25.0 Å². The van der Waals surface area contributed by atoms with Crippen LogP contribution >= 0.6 is 0 Å². The standard InChI is InChI=1S/C24H31N3O4/c1-16-7-5-8-17(2)24(16)26-22(28)14-25-23(29)15-27-12-6-9-20(27)19-11-10-18(30-3)13-21(19)31-4/h5,7-8,10-11,13,20H,6,9,12,14-15H2,1-4H3,(H,25,29)(H,26,28)/p+1/t20-/m1/s1. The third-order valence-electron chi connectivity index (χ3n) is 5.88. The molecule has 7 heteroatoms. The average Bonchev–Trinajstić information content (AvgIpc) is 3.22. The van der Waals surface area contributed by atoms with Gasteiger partial charge in [-0.15, -0.1) is 0 Å². The summed E-state index contributed by atoms with van der Waals surface area (Å²) < 4.78 is 10.9. The SMILES string of the molecule is COc1ccc([C@H]2CCC[NH+]2CC(=O)NCC(=O)Nc2c(C)cccc2C)c(OC)c1. The Bertz CT molecular complexity index is 924. The van der Waals surface area contributed by atoms with Crippen molar-refractivity contribution in [1.82, 2.24) is 5.32 Å². The third-order valence-corrected chi connectivity index (χ3v) is 5.88. The van der Waals surface area contributed by atoms with Gasteiger partial charge in [0.05, 0.1) is 32.9 Å². The van der Waals surface area contributed by atoms with Crippen molar-refractivity contribution in [2.75, 3.05) is 39.2 Å². The number of hydrogen-bond acceptors (Lipinski definition) is 4. The summed E-state index contributed by atoms with van der Waals surface area (Å²) in [6.07, 6.45) is 2.02. The molecule has 3 N–H and O–H groups in total. The zero-order chi connectivity index (χ0) is 22.4. The number of nitrogens with one attached hydrogen (secondary N) is 3. The number of carbonyl (C=O) groups is 2. The van der Waals surface area contributed by atoms with Gasteiger partial charge in [0, 0.05) is 24.6 Å². The highest BCUT2D eigenvalue weighted by Crippen LogP contribution is 2.31. The summed E-state index contributed by atoms with van der Waals surface area (Å²) in [5, 5.41) is 5.66. The van der Waals surface area contributed by atoms with Crippen molar-refractivity contribution < 1.29 is 24.0 Å². The number of likely N-dealkylation sites (tertiary alicyclic amines) is 1. The van der Waals surface area contributed by atoms with Crippen LogP contribution in [0.4, 0.5) is 5.69 Å². The van der Waals surface area contributed by atoms with E-state index in [-0.39, 0.29) is 24.4 Å². The van der Waals surface area contributed by atoms with Crippen molar-refractivity contribution in [3.63, 3.8) is 0 Å². The summed E-state index contributed by atoms with van der Waals surface area (Å²) in [6, 6.07) is 11.8. The molecule has 1 unspecified atom stereocenters. The normalized spacial score (nSPS) is 17.8. The first-order chi connectivity index (χ1) is 14.9. The van der Waals surface area contributed by atoms with Crippen LogP contribution in [-0.4, -0.2) is 45.7 Å². The van der Waals surface area contributed by atoms with Gasteiger partial charge in [-0.3, -0.25) is 9.59 Å². The number of hydrogen-bond donors (Lipinski definition) is 3. The Morgan fingerprint density at radius 3 is 2.48 bits per heavy atom. The van der Waals surface area contributed by atoms with Crippen LogP contribution in [-0.2, 0) is 9.59 Å². The zero-order valence-electron chi connectivity index (χ0n) is 18.7. The number of carbonyl (C=O) groups excluding carboxylic acids is 2. The maximum Gasteiger partial charge on any atom is 0.275 e. The van der Waals surface area contributed by atoms with Crippen LogP contribution in [0.25, 0.3) is 0 Å². The van der Waals surface area contributed by atoms with Crippen molar-refractivity contribution in [2.24, 2.45) is 0 Å². The van der Waals surface area contributed by atoms with E-state index in [0.29, 0.717) is 6.54 Å². The highest BCUT2D eigenvalue weighted by atomic mass is 16.5. The number of amides is 2. The highest BCUT2D eigenvalue weighted by Gasteiger charge is 2.33. The van der Waals surface area contributed by atoms with E-state index in [9.17, 15) is 9.59 Å². The lowest BCUT2D eigenvalue weighted by Crippen LogP contribution is -3.11. The van der Waals surface area contributed by atoms with Gasteiger partial charge in [0.25, 0.3) is 5.91 Å². The molecule has 2 amide bonds. The smallest absolute Gasteiger partial charge is 0.275 e. The molecule has 166 valence electrons. The minimum Gasteiger partial charge on any atom is -0.497 e. The van der Waals surface area contributed by atoms with E-state index in [2.05, 4.69) is 10.6 Å². The Labute approximate surface area is 183 Å². The third kappa shape index (κ3) is 5.55. The van der Waals surface area contributed by atoms with E-state index in [0.717, 1.165) is 53.3 Å². The van der Waals surface area contributed by atoms with E-state index < -0.39 is 0 Å². The molecule has 1 heterocycles. The minimum absolute atomic E-state index is 0.0452. The van der Waals surface area contributed by atoms with Gasteiger partial charge in [-0.05, 0) is 37.1 Å². The molecule has 0 aromatic heterocycles. The number of rotatable bonds is 8. The summed E-state index contributed by atoms with van der Waals surface area (Å²) in [4.78, 5) is 26.1. The van der Waals surface area contributed by atoms with Gasteiger partial charge in [-0.2, -0.15) is 0 Å². The molecule has 3 rings (SSSR count). The second kappa shape index (κ2) is 10.3. The van der Waals surface area contributed by atoms with E-state index >= 15 is 0 Å². The van der Waals surface area contributed by atoms with Gasteiger partial charge in [0.2, 0.25) is 5.91 Å². The Kier molecular flexibility index (Phi) is 7.52. The predicted octanol–water partition coefficient (Wildman–Crippen LogP) is 1.80. The number of quaternary nitrogens is 1. The zero-order valence-corrected chi connectivity index (χ0v) is 18.7. The molecule has 31 heavy (non-hydrogen) atoms. The maximum absolute atomic E-state index is 12.6. The summed E-state index contributed by atoms with van der Waals surface area (Å²) in [6.45, 7) is 5.08. The highest BCUT2D eigenvalue weighted by molar-refractivity contribution is 5.95. The fourth-order valence-corrected chi connectivity index (χ4v) is 4.25. The number of anilines is 1. The van der Waals surface area contributed by atoms with Gasteiger partial charge in [-0.1, -0.05) is 18.2 Å². The van der Waals surface area contributed by atoms with Crippen molar-refractivity contribution >= 4 is 17.5 Å². The molecule has 0 bridgehead atoms. The average molecular weight is 427 g/mol. The van der Waals surface area contributed by atoms with Crippen LogP contribution in [0.1, 0.15) is 35.6 Å².